The summed E-state index contributed by atoms with van der Waals surface area (Å²) in [6.07, 6.45) is 0. The summed E-state index contributed by atoms with van der Waals surface area (Å²) in [5.41, 5.74) is 0. The Bertz CT molecular complexity index is 364. The molecule has 1 aromatic heterocycles. The Morgan fingerprint density at radius 1 is 1.39 bits per heavy atom. The fraction of sp³-hybridized carbons (Fsp3) is 0.714. The molecule has 0 saturated carbocycles. The van der Waals surface area contributed by atoms with Gasteiger partial charge in [-0.05, 0) is 33.0 Å². The van der Waals surface area contributed by atoms with Crippen LogP contribution in [0.2, 0.25) is 0 Å². The van der Waals surface area contributed by atoms with Crippen LogP contribution in [0, 0.1) is 6.92 Å². The normalized spacial score (nSPS) is 22.5. The first-order valence-electron chi connectivity index (χ1n) is 6.84. The van der Waals surface area contributed by atoms with E-state index in [9.17, 15) is 0 Å². The van der Waals surface area contributed by atoms with E-state index < -0.39 is 0 Å². The molecule has 0 spiro atoms. The van der Waals surface area contributed by atoms with E-state index in [0.29, 0.717) is 6.04 Å². The van der Waals surface area contributed by atoms with Crippen LogP contribution < -0.4 is 5.32 Å². The van der Waals surface area contributed by atoms with Gasteiger partial charge in [-0.2, -0.15) is 0 Å². The van der Waals surface area contributed by atoms with Gasteiger partial charge in [0.15, 0.2) is 0 Å². The van der Waals surface area contributed by atoms with E-state index in [-0.39, 0.29) is 0 Å². The molecule has 2 heterocycles. The molecule has 1 aliphatic rings. The third-order valence-electron chi connectivity index (χ3n) is 3.74. The van der Waals surface area contributed by atoms with Crippen molar-refractivity contribution in [3.63, 3.8) is 0 Å². The Kier molecular flexibility index (Phi) is 5.18. The second kappa shape index (κ2) is 6.66. The summed E-state index contributed by atoms with van der Waals surface area (Å²) in [6, 6.07) is 5.12. The monoisotopic (exact) mass is 267 g/mol. The summed E-state index contributed by atoms with van der Waals surface area (Å²) in [5, 5.41) is 3.54. The Morgan fingerprint density at radius 3 is 2.89 bits per heavy atom. The van der Waals surface area contributed by atoms with Gasteiger partial charge in [-0.1, -0.05) is 0 Å². The van der Waals surface area contributed by atoms with Crippen molar-refractivity contribution in [3.05, 3.63) is 21.9 Å². The second-order valence-corrected chi connectivity index (χ2v) is 6.69. The van der Waals surface area contributed by atoms with Gasteiger partial charge in [0, 0.05) is 55.1 Å². The lowest BCUT2D eigenvalue weighted by atomic mass is 10.2. The van der Waals surface area contributed by atoms with Crippen molar-refractivity contribution in [1.29, 1.82) is 0 Å². The molecule has 18 heavy (non-hydrogen) atoms. The van der Waals surface area contributed by atoms with Gasteiger partial charge in [0.25, 0.3) is 0 Å². The molecule has 1 atom stereocenters. The quantitative estimate of drug-likeness (QED) is 0.821. The molecule has 102 valence electrons. The van der Waals surface area contributed by atoms with E-state index in [0.717, 1.165) is 13.1 Å². The molecule has 1 unspecified atom stereocenters. The maximum atomic E-state index is 3.54. The molecular weight excluding hydrogens is 242 g/mol. The fourth-order valence-electron chi connectivity index (χ4n) is 2.36. The Hall–Kier alpha value is -0.420. The molecule has 0 radical (unpaired) electrons. The highest BCUT2D eigenvalue weighted by Crippen LogP contribution is 2.14. The summed E-state index contributed by atoms with van der Waals surface area (Å²) in [7, 11) is 2.22. The highest BCUT2D eigenvalue weighted by atomic mass is 32.1. The molecule has 0 aliphatic carbocycles. The first kappa shape index (κ1) is 14.0. The van der Waals surface area contributed by atoms with Gasteiger partial charge in [0.1, 0.15) is 0 Å². The third kappa shape index (κ3) is 4.05. The number of rotatable bonds is 5. The summed E-state index contributed by atoms with van der Waals surface area (Å²) in [5.74, 6) is 0. The van der Waals surface area contributed by atoms with E-state index in [1.807, 2.05) is 11.3 Å². The number of thiophene rings is 1. The molecule has 2 rings (SSSR count). The van der Waals surface area contributed by atoms with E-state index in [1.165, 1.54) is 35.9 Å². The molecule has 0 amide bonds. The smallest absolute Gasteiger partial charge is 0.0300 e. The third-order valence-corrected chi connectivity index (χ3v) is 4.74. The van der Waals surface area contributed by atoms with E-state index in [1.54, 1.807) is 0 Å². The molecule has 1 fully saturated rings. The van der Waals surface area contributed by atoms with Crippen molar-refractivity contribution in [2.45, 2.75) is 26.4 Å². The molecule has 1 saturated heterocycles. The topological polar surface area (TPSA) is 18.5 Å². The van der Waals surface area contributed by atoms with Crippen molar-refractivity contribution >= 4 is 11.3 Å². The molecule has 1 N–H and O–H groups in total. The minimum absolute atomic E-state index is 0.693. The number of nitrogens with one attached hydrogen (secondary N) is 1. The van der Waals surface area contributed by atoms with Crippen LogP contribution in [0.1, 0.15) is 16.7 Å². The van der Waals surface area contributed by atoms with Crippen molar-refractivity contribution in [1.82, 2.24) is 15.1 Å². The number of piperazine rings is 1. The van der Waals surface area contributed by atoms with Crippen LogP contribution in [-0.4, -0.2) is 55.6 Å². The van der Waals surface area contributed by atoms with E-state index in [2.05, 4.69) is 48.1 Å². The number of hydrogen-bond donors (Lipinski definition) is 1. The van der Waals surface area contributed by atoms with Crippen molar-refractivity contribution in [2.75, 3.05) is 39.8 Å². The Morgan fingerprint density at radius 2 is 2.22 bits per heavy atom. The van der Waals surface area contributed by atoms with Crippen LogP contribution in [0.3, 0.4) is 0 Å². The number of hydrogen-bond acceptors (Lipinski definition) is 4. The van der Waals surface area contributed by atoms with Crippen LogP contribution in [-0.2, 0) is 6.54 Å². The molecular formula is C14H25N3S. The van der Waals surface area contributed by atoms with Gasteiger partial charge >= 0.3 is 0 Å². The number of aryl methyl sites for hydroxylation is 1. The lowest BCUT2D eigenvalue weighted by molar-refractivity contribution is 0.106. The first-order chi connectivity index (χ1) is 8.65. The van der Waals surface area contributed by atoms with Gasteiger partial charge in [0.2, 0.25) is 0 Å². The first-order valence-corrected chi connectivity index (χ1v) is 7.65. The van der Waals surface area contributed by atoms with E-state index >= 15 is 0 Å². The predicted octanol–water partition coefficient (Wildman–Crippen LogP) is 1.78. The maximum absolute atomic E-state index is 3.54. The van der Waals surface area contributed by atoms with Gasteiger partial charge in [-0.25, -0.2) is 0 Å². The minimum atomic E-state index is 0.693. The van der Waals surface area contributed by atoms with Crippen LogP contribution >= 0.6 is 11.3 Å². The SMILES string of the molecule is Cc1ccc(CNCCN2CCN(C)C(C)C2)s1. The average molecular weight is 267 g/mol. The van der Waals surface area contributed by atoms with Crippen molar-refractivity contribution in [2.24, 2.45) is 0 Å². The van der Waals surface area contributed by atoms with Gasteiger partial charge in [-0.15, -0.1) is 11.3 Å². The van der Waals surface area contributed by atoms with Crippen LogP contribution in [0.5, 0.6) is 0 Å². The molecule has 0 bridgehead atoms. The number of likely N-dealkylation sites (N-methyl/N-ethyl adjacent to an activating group) is 1. The van der Waals surface area contributed by atoms with Gasteiger partial charge in [0.05, 0.1) is 0 Å². The highest BCUT2D eigenvalue weighted by molar-refractivity contribution is 7.11. The largest absolute Gasteiger partial charge is 0.311 e. The average Bonchev–Trinajstić information content (AvgIpc) is 2.75. The Labute approximate surface area is 115 Å². The maximum Gasteiger partial charge on any atom is 0.0300 e. The van der Waals surface area contributed by atoms with Crippen LogP contribution in [0.4, 0.5) is 0 Å². The van der Waals surface area contributed by atoms with E-state index in [4.69, 9.17) is 0 Å². The molecule has 4 heteroatoms. The van der Waals surface area contributed by atoms with Crippen molar-refractivity contribution < 1.29 is 0 Å². The fourth-order valence-corrected chi connectivity index (χ4v) is 3.22. The van der Waals surface area contributed by atoms with Crippen LogP contribution in [0.25, 0.3) is 0 Å². The summed E-state index contributed by atoms with van der Waals surface area (Å²) < 4.78 is 0. The zero-order valence-electron chi connectivity index (χ0n) is 11.8. The lowest BCUT2D eigenvalue weighted by Gasteiger charge is -2.37. The van der Waals surface area contributed by atoms with Gasteiger partial charge in [-0.3, -0.25) is 4.90 Å². The summed E-state index contributed by atoms with van der Waals surface area (Å²) in [4.78, 5) is 7.86. The molecule has 3 nitrogen and oxygen atoms in total. The number of nitrogens with zero attached hydrogens (tertiary/aromatic N) is 2. The van der Waals surface area contributed by atoms with Crippen LogP contribution in [0.15, 0.2) is 12.1 Å². The summed E-state index contributed by atoms with van der Waals surface area (Å²) in [6.45, 7) is 11.4. The predicted molar refractivity (Wildman–Crippen MR) is 79.3 cm³/mol. The van der Waals surface area contributed by atoms with Crippen molar-refractivity contribution in [3.8, 4) is 0 Å². The second-order valence-electron chi connectivity index (χ2n) is 5.32. The summed E-state index contributed by atoms with van der Waals surface area (Å²) >= 11 is 1.89. The molecule has 0 aromatic carbocycles. The molecule has 1 aromatic rings. The zero-order chi connectivity index (χ0) is 13.0. The lowest BCUT2D eigenvalue weighted by Crippen LogP contribution is -2.51. The highest BCUT2D eigenvalue weighted by Gasteiger charge is 2.19. The zero-order valence-corrected chi connectivity index (χ0v) is 12.6. The molecule has 1 aliphatic heterocycles. The minimum Gasteiger partial charge on any atom is -0.311 e. The Balaban J connectivity index is 1.61. The standard InChI is InChI=1S/C14H25N3S/c1-12-11-17(9-8-16(12)3)7-6-15-10-14-5-4-13(2)18-14/h4-5,12,15H,6-11H2,1-3H3. The van der Waals surface area contributed by atoms with Gasteiger partial charge < -0.3 is 10.2 Å².